The minimum Gasteiger partial charge on any atom is -0.493 e. The molecular weight excluding hydrogens is 552 g/mol. The summed E-state index contributed by atoms with van der Waals surface area (Å²) >= 11 is 0. The Morgan fingerprint density at radius 1 is 0.929 bits per heavy atom. The fraction of sp³-hybridized carbons (Fsp3) is 0.519. The minimum atomic E-state index is -0.570. The molecule has 0 aliphatic rings. The summed E-state index contributed by atoms with van der Waals surface area (Å²) in [5.41, 5.74) is 16.8. The van der Waals surface area contributed by atoms with Gasteiger partial charge in [0.15, 0.2) is 11.5 Å². The average Bonchev–Trinajstić information content (AvgIpc) is 2.97. The highest BCUT2D eigenvalue weighted by atomic mass is 16.6. The zero-order valence-electron chi connectivity index (χ0n) is 23.7. The zero-order valence-corrected chi connectivity index (χ0v) is 23.7. The first-order valence-electron chi connectivity index (χ1n) is 13.2. The molecule has 1 atom stereocenters. The SMILES string of the molecule is C=C(CCCN=[N+]=[N-])OC(C)c1cc(=O)oc2cc(OCCCC(=O)OCCOC(=O)CCCN=[N+]=[N-])c(OC)cc12. The molecule has 1 heterocycles. The van der Waals surface area contributed by atoms with Crippen molar-refractivity contribution in [2.75, 3.05) is 40.0 Å². The summed E-state index contributed by atoms with van der Waals surface area (Å²) in [5.74, 6) is 0.255. The van der Waals surface area contributed by atoms with Gasteiger partial charge in [0, 0.05) is 65.3 Å². The maximum atomic E-state index is 12.3. The lowest BCUT2D eigenvalue weighted by molar-refractivity contribution is -0.152. The van der Waals surface area contributed by atoms with Gasteiger partial charge in [-0.05, 0) is 43.3 Å². The number of ether oxygens (including phenoxy) is 5. The zero-order chi connectivity index (χ0) is 30.7. The van der Waals surface area contributed by atoms with Gasteiger partial charge in [-0.3, -0.25) is 9.59 Å². The van der Waals surface area contributed by atoms with E-state index in [4.69, 9.17) is 39.2 Å². The Balaban J connectivity index is 1.89. The number of methoxy groups -OCH3 is 1. The van der Waals surface area contributed by atoms with Crippen molar-refractivity contribution < 1.29 is 37.7 Å². The molecule has 15 nitrogen and oxygen atoms in total. The molecule has 0 spiro atoms. The fourth-order valence-corrected chi connectivity index (χ4v) is 3.76. The summed E-state index contributed by atoms with van der Waals surface area (Å²) in [5, 5.41) is 7.40. The van der Waals surface area contributed by atoms with Crippen LogP contribution in [0.15, 0.2) is 50.0 Å². The third-order valence-electron chi connectivity index (χ3n) is 5.71. The summed E-state index contributed by atoms with van der Waals surface area (Å²) in [7, 11) is 1.47. The molecule has 0 aliphatic heterocycles. The van der Waals surface area contributed by atoms with Gasteiger partial charge in [0.05, 0.1) is 19.5 Å². The van der Waals surface area contributed by atoms with E-state index in [-0.39, 0.29) is 44.8 Å². The molecule has 0 fully saturated rings. The van der Waals surface area contributed by atoms with Crippen LogP contribution in [0.5, 0.6) is 11.5 Å². The second-order valence-electron chi connectivity index (χ2n) is 8.83. The van der Waals surface area contributed by atoms with Gasteiger partial charge in [0.25, 0.3) is 0 Å². The van der Waals surface area contributed by atoms with E-state index in [2.05, 4.69) is 26.6 Å². The Labute approximate surface area is 241 Å². The molecular formula is C27H34N6O9. The van der Waals surface area contributed by atoms with Crippen molar-refractivity contribution in [3.63, 3.8) is 0 Å². The standard InChI is InChI=1S/C27H34N6O9/c1-18(7-4-10-30-32-28)41-19(2)20-16-27(36)42-22-17-24(23(37-3)15-21(20)22)38-12-6-9-26(35)40-14-13-39-25(34)8-5-11-31-33-29/h15-17,19H,1,4-14H2,2-3H3. The molecule has 0 aliphatic carbocycles. The van der Waals surface area contributed by atoms with Gasteiger partial charge >= 0.3 is 17.6 Å². The third-order valence-corrected chi connectivity index (χ3v) is 5.71. The van der Waals surface area contributed by atoms with Gasteiger partial charge in [0.2, 0.25) is 0 Å². The van der Waals surface area contributed by atoms with Crippen LogP contribution in [0, 0.1) is 0 Å². The normalized spacial score (nSPS) is 11.0. The number of esters is 2. The first-order chi connectivity index (χ1) is 20.3. The number of allylic oxidation sites excluding steroid dienone is 1. The third kappa shape index (κ3) is 11.7. The minimum absolute atomic E-state index is 0.0663. The van der Waals surface area contributed by atoms with E-state index in [9.17, 15) is 14.4 Å². The maximum absolute atomic E-state index is 12.3. The van der Waals surface area contributed by atoms with Crippen molar-refractivity contribution >= 4 is 22.9 Å². The van der Waals surface area contributed by atoms with Gasteiger partial charge in [-0.2, -0.15) is 0 Å². The molecule has 0 bridgehead atoms. The maximum Gasteiger partial charge on any atom is 0.336 e. The Morgan fingerprint density at radius 3 is 2.17 bits per heavy atom. The first kappa shape index (κ1) is 33.3. The van der Waals surface area contributed by atoms with Crippen LogP contribution >= 0.6 is 0 Å². The number of hydrogen-bond acceptors (Lipinski definition) is 11. The van der Waals surface area contributed by atoms with E-state index in [0.29, 0.717) is 60.4 Å². The summed E-state index contributed by atoms with van der Waals surface area (Å²) in [6.07, 6.45) is 1.43. The number of hydrogen-bond donors (Lipinski definition) is 0. The van der Waals surface area contributed by atoms with Crippen molar-refractivity contribution in [2.24, 2.45) is 10.2 Å². The van der Waals surface area contributed by atoms with Crippen molar-refractivity contribution in [3.05, 3.63) is 67.4 Å². The van der Waals surface area contributed by atoms with Crippen LogP contribution in [-0.4, -0.2) is 52.0 Å². The molecule has 2 aromatic rings. The fourth-order valence-electron chi connectivity index (χ4n) is 3.76. The van der Waals surface area contributed by atoms with Crippen LogP contribution in [0.2, 0.25) is 0 Å². The van der Waals surface area contributed by atoms with Crippen LogP contribution in [-0.2, 0) is 23.8 Å². The van der Waals surface area contributed by atoms with E-state index in [1.54, 1.807) is 19.1 Å². The Hall–Kier alpha value is -4.87. The number of fused-ring (bicyclic) bond motifs is 1. The molecule has 0 saturated carbocycles. The van der Waals surface area contributed by atoms with Crippen molar-refractivity contribution in [1.29, 1.82) is 0 Å². The highest BCUT2D eigenvalue weighted by Crippen LogP contribution is 2.36. The van der Waals surface area contributed by atoms with Gasteiger partial charge < -0.3 is 28.1 Å². The van der Waals surface area contributed by atoms with E-state index < -0.39 is 23.7 Å². The Kier molecular flexibility index (Phi) is 14.7. The van der Waals surface area contributed by atoms with Crippen LogP contribution in [0.25, 0.3) is 31.9 Å². The Morgan fingerprint density at radius 2 is 1.55 bits per heavy atom. The average molecular weight is 587 g/mol. The van der Waals surface area contributed by atoms with Gasteiger partial charge in [-0.1, -0.05) is 16.8 Å². The Bertz CT molecular complexity index is 1380. The topological polar surface area (TPSA) is 208 Å². The number of carbonyl (C=O) groups excluding carboxylic acids is 2. The van der Waals surface area contributed by atoms with E-state index in [1.165, 1.54) is 13.2 Å². The predicted molar refractivity (Wildman–Crippen MR) is 151 cm³/mol. The summed E-state index contributed by atoms with van der Waals surface area (Å²) in [4.78, 5) is 41.1. The highest BCUT2D eigenvalue weighted by Gasteiger charge is 2.18. The number of carbonyl (C=O) groups is 2. The van der Waals surface area contributed by atoms with Gasteiger partial charge in [-0.25, -0.2) is 4.79 Å². The molecule has 1 aromatic carbocycles. The van der Waals surface area contributed by atoms with Crippen LogP contribution in [0.3, 0.4) is 0 Å². The molecule has 15 heteroatoms. The monoisotopic (exact) mass is 586 g/mol. The predicted octanol–water partition coefficient (Wildman–Crippen LogP) is 5.82. The summed E-state index contributed by atoms with van der Waals surface area (Å²) in [6, 6.07) is 4.57. The molecule has 226 valence electrons. The second-order valence-corrected chi connectivity index (χ2v) is 8.83. The number of azide groups is 2. The second kappa shape index (κ2) is 18.5. The number of rotatable bonds is 20. The summed E-state index contributed by atoms with van der Waals surface area (Å²) < 4.78 is 32.6. The van der Waals surface area contributed by atoms with E-state index in [0.717, 1.165) is 0 Å². The van der Waals surface area contributed by atoms with Gasteiger partial charge in [-0.15, -0.1) is 0 Å². The van der Waals surface area contributed by atoms with Crippen molar-refractivity contribution in [2.45, 2.75) is 51.6 Å². The van der Waals surface area contributed by atoms with Crippen LogP contribution < -0.4 is 15.1 Å². The molecule has 0 saturated heterocycles. The largest absolute Gasteiger partial charge is 0.493 e. The van der Waals surface area contributed by atoms with Gasteiger partial charge in [0.1, 0.15) is 24.9 Å². The smallest absolute Gasteiger partial charge is 0.336 e. The van der Waals surface area contributed by atoms with E-state index >= 15 is 0 Å². The lowest BCUT2D eigenvalue weighted by Crippen LogP contribution is -2.14. The lowest BCUT2D eigenvalue weighted by Gasteiger charge is -2.19. The molecule has 42 heavy (non-hydrogen) atoms. The van der Waals surface area contributed by atoms with Crippen molar-refractivity contribution in [1.82, 2.24) is 0 Å². The molecule has 0 radical (unpaired) electrons. The molecule has 1 unspecified atom stereocenters. The molecule has 2 rings (SSSR count). The summed E-state index contributed by atoms with van der Waals surface area (Å²) in [6.45, 7) is 6.21. The van der Waals surface area contributed by atoms with E-state index in [1.807, 2.05) is 0 Å². The number of benzene rings is 1. The highest BCUT2D eigenvalue weighted by molar-refractivity contribution is 5.84. The number of nitrogens with zero attached hydrogens (tertiary/aromatic N) is 6. The quantitative estimate of drug-likeness (QED) is 0.0347. The molecule has 0 N–H and O–H groups in total. The van der Waals surface area contributed by atoms with Crippen LogP contribution in [0.1, 0.15) is 57.1 Å². The van der Waals surface area contributed by atoms with Crippen LogP contribution in [0.4, 0.5) is 0 Å². The molecule has 1 aromatic heterocycles. The van der Waals surface area contributed by atoms with Crippen molar-refractivity contribution in [3.8, 4) is 11.5 Å². The lowest BCUT2D eigenvalue weighted by atomic mass is 10.0. The molecule has 0 amide bonds. The first-order valence-corrected chi connectivity index (χ1v) is 13.2.